The molecule has 1 aromatic carbocycles. The number of para-hydroxylation sites is 1. The number of nitrogens with zero attached hydrogens (tertiary/aromatic N) is 4. The van der Waals surface area contributed by atoms with Gasteiger partial charge in [-0.2, -0.15) is 0 Å². The van der Waals surface area contributed by atoms with E-state index in [2.05, 4.69) is 15.5 Å². The molecule has 0 bridgehead atoms. The van der Waals surface area contributed by atoms with Crippen LogP contribution in [0.25, 0.3) is 0 Å². The number of hydrogen-bond donors (Lipinski definition) is 1. The average molecular weight is 369 g/mol. The van der Waals surface area contributed by atoms with E-state index in [0.29, 0.717) is 19.5 Å². The average Bonchev–Trinajstić information content (AvgIpc) is 3.36. The van der Waals surface area contributed by atoms with E-state index in [1.54, 1.807) is 6.33 Å². The molecule has 1 fully saturated rings. The summed E-state index contributed by atoms with van der Waals surface area (Å²) in [5.41, 5.74) is 0.946. The minimum Gasteiger partial charge on any atom is -0.453 e. The van der Waals surface area contributed by atoms with Crippen LogP contribution in [-0.4, -0.2) is 33.3 Å². The van der Waals surface area contributed by atoms with Gasteiger partial charge in [0.1, 0.15) is 12.1 Å². The summed E-state index contributed by atoms with van der Waals surface area (Å²) in [6, 6.07) is 13.7. The molecule has 8 heteroatoms. The molecule has 3 aromatic rings. The highest BCUT2D eigenvalue weighted by Gasteiger charge is 2.30. The van der Waals surface area contributed by atoms with Gasteiger partial charge in [0.2, 0.25) is 5.91 Å². The molecule has 26 heavy (non-hydrogen) atoms. The van der Waals surface area contributed by atoms with Crippen molar-refractivity contribution < 1.29 is 9.21 Å². The first-order valence-electron chi connectivity index (χ1n) is 8.38. The fraction of sp³-hybridized carbons (Fsp3) is 0.278. The van der Waals surface area contributed by atoms with Gasteiger partial charge in [-0.15, -0.1) is 10.2 Å². The number of anilines is 1. The molecule has 1 amide bonds. The van der Waals surface area contributed by atoms with Crippen molar-refractivity contribution in [2.45, 2.75) is 29.3 Å². The zero-order valence-electron chi connectivity index (χ0n) is 14.3. The van der Waals surface area contributed by atoms with Crippen molar-refractivity contribution in [2.24, 2.45) is 7.05 Å². The second-order valence-corrected chi connectivity index (χ2v) is 7.14. The summed E-state index contributed by atoms with van der Waals surface area (Å²) >= 11 is 1.43. The highest BCUT2D eigenvalue weighted by atomic mass is 32.2. The number of aromatic nitrogens is 3. The molecule has 7 nitrogen and oxygen atoms in total. The molecular formula is C18H19N5O2S. The number of nitrogens with one attached hydrogen (secondary N) is 1. The molecule has 1 atom stereocenters. The molecule has 1 aliphatic rings. The molecule has 3 heterocycles. The maximum absolute atomic E-state index is 12.3. The van der Waals surface area contributed by atoms with Gasteiger partial charge in [-0.05, 0) is 36.0 Å². The third-order valence-electron chi connectivity index (χ3n) is 4.26. The van der Waals surface area contributed by atoms with E-state index in [1.165, 1.54) is 11.8 Å². The first kappa shape index (κ1) is 16.9. The molecule has 4 rings (SSSR count). The van der Waals surface area contributed by atoms with E-state index in [-0.39, 0.29) is 11.9 Å². The van der Waals surface area contributed by atoms with Gasteiger partial charge in [-0.1, -0.05) is 18.2 Å². The van der Waals surface area contributed by atoms with Crippen LogP contribution < -0.4 is 10.2 Å². The fourth-order valence-corrected chi connectivity index (χ4v) is 3.65. The number of amides is 1. The standard InChI is InChI=1S/C18H19N5O2S/c1-22-12-20-21-18(22)26-17-8-7-15(25-17)10-19-13-9-16(24)23(11-13)14-5-3-2-4-6-14/h2-8,12-13,19H,9-11H2,1H3/t13-/m1/s1. The maximum atomic E-state index is 12.3. The van der Waals surface area contributed by atoms with Crippen LogP contribution in [0.4, 0.5) is 5.69 Å². The van der Waals surface area contributed by atoms with Crippen molar-refractivity contribution in [3.8, 4) is 0 Å². The van der Waals surface area contributed by atoms with Gasteiger partial charge in [0.05, 0.1) is 6.54 Å². The third kappa shape index (κ3) is 3.66. The number of hydrogen-bond acceptors (Lipinski definition) is 6. The molecular weight excluding hydrogens is 350 g/mol. The van der Waals surface area contributed by atoms with Crippen molar-refractivity contribution in [2.75, 3.05) is 11.4 Å². The Morgan fingerprint density at radius 2 is 2.12 bits per heavy atom. The number of carbonyl (C=O) groups is 1. The second-order valence-electron chi connectivity index (χ2n) is 6.17. The number of furan rings is 1. The SMILES string of the molecule is Cn1cnnc1Sc1ccc(CN[C@@H]2CC(=O)N(c3ccccc3)C2)o1. The molecule has 134 valence electrons. The Kier molecular flexibility index (Phi) is 4.77. The lowest BCUT2D eigenvalue weighted by molar-refractivity contribution is -0.117. The normalized spacial score (nSPS) is 17.2. The predicted octanol–water partition coefficient (Wildman–Crippen LogP) is 2.45. The maximum Gasteiger partial charge on any atom is 0.228 e. The molecule has 1 saturated heterocycles. The highest BCUT2D eigenvalue weighted by molar-refractivity contribution is 7.99. The first-order chi connectivity index (χ1) is 12.7. The van der Waals surface area contributed by atoms with Crippen molar-refractivity contribution in [1.29, 1.82) is 0 Å². The van der Waals surface area contributed by atoms with Crippen molar-refractivity contribution in [3.05, 3.63) is 54.6 Å². The van der Waals surface area contributed by atoms with Gasteiger partial charge in [0.25, 0.3) is 0 Å². The summed E-state index contributed by atoms with van der Waals surface area (Å²) in [5.74, 6) is 0.979. The number of aryl methyl sites for hydroxylation is 1. The molecule has 0 saturated carbocycles. The highest BCUT2D eigenvalue weighted by Crippen LogP contribution is 2.27. The van der Waals surface area contributed by atoms with Crippen LogP contribution in [0.15, 0.2) is 63.5 Å². The monoisotopic (exact) mass is 369 g/mol. The molecule has 1 N–H and O–H groups in total. The van der Waals surface area contributed by atoms with Crippen molar-refractivity contribution in [1.82, 2.24) is 20.1 Å². The van der Waals surface area contributed by atoms with Gasteiger partial charge in [0.15, 0.2) is 10.2 Å². The lowest BCUT2D eigenvalue weighted by Crippen LogP contribution is -2.32. The van der Waals surface area contributed by atoms with E-state index in [1.807, 2.05) is 59.0 Å². The van der Waals surface area contributed by atoms with Gasteiger partial charge in [0, 0.05) is 31.7 Å². The lowest BCUT2D eigenvalue weighted by Gasteiger charge is -2.16. The van der Waals surface area contributed by atoms with E-state index < -0.39 is 0 Å². The Hall–Kier alpha value is -2.58. The fourth-order valence-electron chi connectivity index (χ4n) is 2.91. The van der Waals surface area contributed by atoms with Crippen LogP contribution in [0.2, 0.25) is 0 Å². The summed E-state index contributed by atoms with van der Waals surface area (Å²) in [5, 5.41) is 12.8. The predicted molar refractivity (Wildman–Crippen MR) is 97.9 cm³/mol. The molecule has 1 aliphatic heterocycles. The summed E-state index contributed by atoms with van der Waals surface area (Å²) < 4.78 is 7.67. The number of benzene rings is 1. The molecule has 0 aliphatic carbocycles. The molecule has 2 aromatic heterocycles. The Labute approximate surface area is 155 Å². The van der Waals surface area contributed by atoms with Crippen LogP contribution in [0.5, 0.6) is 0 Å². The van der Waals surface area contributed by atoms with Gasteiger partial charge >= 0.3 is 0 Å². The van der Waals surface area contributed by atoms with Gasteiger partial charge < -0.3 is 19.2 Å². The smallest absolute Gasteiger partial charge is 0.228 e. The van der Waals surface area contributed by atoms with Crippen LogP contribution in [0.1, 0.15) is 12.2 Å². The Bertz CT molecular complexity index is 892. The quantitative estimate of drug-likeness (QED) is 0.719. The molecule has 0 spiro atoms. The Morgan fingerprint density at radius 3 is 2.88 bits per heavy atom. The lowest BCUT2D eigenvalue weighted by atomic mass is 10.2. The summed E-state index contributed by atoms with van der Waals surface area (Å²) in [4.78, 5) is 14.1. The molecule has 0 radical (unpaired) electrons. The van der Waals surface area contributed by atoms with E-state index in [0.717, 1.165) is 21.7 Å². The summed E-state index contributed by atoms with van der Waals surface area (Å²) in [6.07, 6.45) is 2.15. The zero-order chi connectivity index (χ0) is 17.9. The minimum atomic E-state index is 0.114. The van der Waals surface area contributed by atoms with Crippen molar-refractivity contribution >= 4 is 23.4 Å². The van der Waals surface area contributed by atoms with Crippen LogP contribution >= 0.6 is 11.8 Å². The molecule has 0 unspecified atom stereocenters. The first-order valence-corrected chi connectivity index (χ1v) is 9.20. The van der Waals surface area contributed by atoms with Gasteiger partial charge in [-0.25, -0.2) is 0 Å². The van der Waals surface area contributed by atoms with Crippen LogP contribution in [-0.2, 0) is 18.4 Å². The topological polar surface area (TPSA) is 76.2 Å². The number of rotatable bonds is 6. The zero-order valence-corrected chi connectivity index (χ0v) is 15.1. The van der Waals surface area contributed by atoms with E-state index >= 15 is 0 Å². The third-order valence-corrected chi connectivity index (χ3v) is 5.23. The van der Waals surface area contributed by atoms with Crippen molar-refractivity contribution in [3.63, 3.8) is 0 Å². The summed E-state index contributed by atoms with van der Waals surface area (Å²) in [7, 11) is 1.89. The Balaban J connectivity index is 1.32. The van der Waals surface area contributed by atoms with Crippen LogP contribution in [0.3, 0.4) is 0 Å². The van der Waals surface area contributed by atoms with Crippen LogP contribution in [0, 0.1) is 0 Å². The van der Waals surface area contributed by atoms with Gasteiger partial charge in [-0.3, -0.25) is 4.79 Å². The summed E-state index contributed by atoms with van der Waals surface area (Å²) in [6.45, 7) is 1.25. The minimum absolute atomic E-state index is 0.114. The van der Waals surface area contributed by atoms with E-state index in [4.69, 9.17) is 4.42 Å². The second kappa shape index (κ2) is 7.35. The largest absolute Gasteiger partial charge is 0.453 e. The van der Waals surface area contributed by atoms with E-state index in [9.17, 15) is 4.79 Å². The Morgan fingerprint density at radius 1 is 1.27 bits per heavy atom. The number of carbonyl (C=O) groups excluding carboxylic acids is 1.